The Morgan fingerprint density at radius 1 is 1.24 bits per heavy atom. The van der Waals surface area contributed by atoms with Crippen LogP contribution < -0.4 is 5.32 Å². The molecule has 1 aromatic heterocycles. The molecule has 0 amide bonds. The largest absolute Gasteiger partial charge is 0.319 e. The first-order chi connectivity index (χ1) is 10.2. The summed E-state index contributed by atoms with van der Waals surface area (Å²) in [5, 5.41) is 8.65. The van der Waals surface area contributed by atoms with Gasteiger partial charge in [0.05, 0.1) is 16.4 Å². The minimum absolute atomic E-state index is 0.509. The summed E-state index contributed by atoms with van der Waals surface area (Å²) in [5.41, 5.74) is 3.51. The fourth-order valence-corrected chi connectivity index (χ4v) is 3.14. The van der Waals surface area contributed by atoms with E-state index in [0.29, 0.717) is 5.92 Å². The molecule has 0 aliphatic rings. The first-order valence-electron chi connectivity index (χ1n) is 7.54. The maximum absolute atomic E-state index is 6.47. The Bertz CT molecular complexity index is 563. The van der Waals surface area contributed by atoms with Gasteiger partial charge in [0.15, 0.2) is 0 Å². The predicted octanol–water partition coefficient (Wildman–Crippen LogP) is 3.26. The van der Waals surface area contributed by atoms with Crippen molar-refractivity contribution < 1.29 is 0 Å². The first kappa shape index (κ1) is 16.1. The van der Waals surface area contributed by atoms with E-state index >= 15 is 0 Å². The Labute approximate surface area is 132 Å². The smallest absolute Gasteiger partial charge is 0.0849 e. The molecule has 0 radical (unpaired) electrons. The molecular formula is C17H24ClN3. The molecular weight excluding hydrogens is 282 g/mol. The zero-order chi connectivity index (χ0) is 15.2. The van der Waals surface area contributed by atoms with E-state index in [0.717, 1.165) is 42.2 Å². The maximum atomic E-state index is 6.47. The summed E-state index contributed by atoms with van der Waals surface area (Å²) in [7, 11) is 3.99. The highest BCUT2D eigenvalue weighted by Gasteiger charge is 2.18. The molecule has 1 atom stereocenters. The highest BCUT2D eigenvalue weighted by molar-refractivity contribution is 6.31. The molecule has 0 spiro atoms. The fourth-order valence-electron chi connectivity index (χ4n) is 2.77. The van der Waals surface area contributed by atoms with Gasteiger partial charge in [-0.2, -0.15) is 5.10 Å². The van der Waals surface area contributed by atoms with Gasteiger partial charge in [-0.25, -0.2) is 0 Å². The van der Waals surface area contributed by atoms with Crippen LogP contribution in [0.1, 0.15) is 23.9 Å². The third kappa shape index (κ3) is 4.08. The molecule has 0 fully saturated rings. The normalized spacial score (nSPS) is 12.6. The molecule has 2 aromatic rings. The highest BCUT2D eigenvalue weighted by atomic mass is 35.5. The minimum Gasteiger partial charge on any atom is -0.319 e. The highest BCUT2D eigenvalue weighted by Crippen LogP contribution is 2.24. The lowest BCUT2D eigenvalue weighted by molar-refractivity contribution is 0.477. The number of benzene rings is 1. The number of rotatable bonds is 7. The Kier molecular flexibility index (Phi) is 5.83. The van der Waals surface area contributed by atoms with Gasteiger partial charge < -0.3 is 5.32 Å². The molecule has 2 rings (SSSR count). The number of hydrogen-bond acceptors (Lipinski definition) is 2. The number of nitrogens with zero attached hydrogens (tertiary/aromatic N) is 2. The molecule has 1 unspecified atom stereocenters. The van der Waals surface area contributed by atoms with Crippen molar-refractivity contribution in [1.82, 2.24) is 15.1 Å². The van der Waals surface area contributed by atoms with Crippen LogP contribution in [0.25, 0.3) is 0 Å². The topological polar surface area (TPSA) is 29.9 Å². The van der Waals surface area contributed by atoms with Crippen molar-refractivity contribution in [2.24, 2.45) is 13.0 Å². The van der Waals surface area contributed by atoms with E-state index in [1.165, 1.54) is 5.56 Å². The zero-order valence-corrected chi connectivity index (χ0v) is 13.8. The van der Waals surface area contributed by atoms with Gasteiger partial charge in [0, 0.05) is 7.05 Å². The summed E-state index contributed by atoms with van der Waals surface area (Å²) in [6.45, 7) is 3.06. The van der Waals surface area contributed by atoms with Crippen LogP contribution in [0.4, 0.5) is 0 Å². The van der Waals surface area contributed by atoms with E-state index < -0.39 is 0 Å². The van der Waals surface area contributed by atoms with Crippen LogP contribution in [-0.2, 0) is 26.3 Å². The second kappa shape index (κ2) is 7.62. The van der Waals surface area contributed by atoms with Crippen molar-refractivity contribution in [3.05, 3.63) is 52.3 Å². The van der Waals surface area contributed by atoms with E-state index in [4.69, 9.17) is 11.6 Å². The van der Waals surface area contributed by atoms with Gasteiger partial charge in [-0.15, -0.1) is 0 Å². The van der Waals surface area contributed by atoms with Gasteiger partial charge >= 0.3 is 0 Å². The average Bonchev–Trinajstić information content (AvgIpc) is 2.76. The summed E-state index contributed by atoms with van der Waals surface area (Å²) in [5.74, 6) is 0.509. The maximum Gasteiger partial charge on any atom is 0.0849 e. The predicted molar refractivity (Wildman–Crippen MR) is 88.9 cm³/mol. The SMILES string of the molecule is CCc1nn(C)c(CC(CNC)Cc2ccccc2)c1Cl. The second-order valence-electron chi connectivity index (χ2n) is 5.50. The molecule has 0 saturated heterocycles. The van der Waals surface area contributed by atoms with Gasteiger partial charge in [0.2, 0.25) is 0 Å². The summed E-state index contributed by atoms with van der Waals surface area (Å²) >= 11 is 6.47. The molecule has 21 heavy (non-hydrogen) atoms. The van der Waals surface area contributed by atoms with Crippen molar-refractivity contribution in [1.29, 1.82) is 0 Å². The van der Waals surface area contributed by atoms with E-state index in [2.05, 4.69) is 47.7 Å². The lowest BCUT2D eigenvalue weighted by Crippen LogP contribution is -2.23. The van der Waals surface area contributed by atoms with Crippen molar-refractivity contribution in [2.45, 2.75) is 26.2 Å². The molecule has 3 nitrogen and oxygen atoms in total. The third-order valence-electron chi connectivity index (χ3n) is 3.84. The molecule has 1 N–H and O–H groups in total. The average molecular weight is 306 g/mol. The van der Waals surface area contributed by atoms with E-state index in [-0.39, 0.29) is 0 Å². The summed E-state index contributed by atoms with van der Waals surface area (Å²) in [6.07, 6.45) is 2.87. The molecule has 0 aliphatic carbocycles. The molecule has 0 saturated carbocycles. The summed E-state index contributed by atoms with van der Waals surface area (Å²) < 4.78 is 1.94. The molecule has 1 heterocycles. The zero-order valence-electron chi connectivity index (χ0n) is 13.1. The van der Waals surface area contributed by atoms with Crippen LogP contribution in [0.5, 0.6) is 0 Å². The Balaban J connectivity index is 2.14. The van der Waals surface area contributed by atoms with Crippen LogP contribution >= 0.6 is 11.6 Å². The van der Waals surface area contributed by atoms with Gasteiger partial charge in [-0.05, 0) is 44.3 Å². The van der Waals surface area contributed by atoms with E-state index in [1.54, 1.807) is 0 Å². The number of halogens is 1. The van der Waals surface area contributed by atoms with Gasteiger partial charge in [0.1, 0.15) is 0 Å². The third-order valence-corrected chi connectivity index (χ3v) is 4.28. The van der Waals surface area contributed by atoms with E-state index in [1.807, 2.05) is 18.8 Å². The van der Waals surface area contributed by atoms with Crippen molar-refractivity contribution in [3.8, 4) is 0 Å². The standard InChI is InChI=1S/C17H24ClN3/c1-4-15-17(18)16(21(3)20-15)11-14(12-19-2)10-13-8-6-5-7-9-13/h5-9,14,19H,4,10-12H2,1-3H3. The monoisotopic (exact) mass is 305 g/mol. The van der Waals surface area contributed by atoms with Crippen LogP contribution in [0.3, 0.4) is 0 Å². The minimum atomic E-state index is 0.509. The van der Waals surface area contributed by atoms with Gasteiger partial charge in [0.25, 0.3) is 0 Å². The van der Waals surface area contributed by atoms with Gasteiger partial charge in [-0.1, -0.05) is 48.9 Å². The Morgan fingerprint density at radius 2 is 1.95 bits per heavy atom. The first-order valence-corrected chi connectivity index (χ1v) is 7.92. The van der Waals surface area contributed by atoms with E-state index in [9.17, 15) is 0 Å². The summed E-state index contributed by atoms with van der Waals surface area (Å²) in [4.78, 5) is 0. The Morgan fingerprint density at radius 3 is 2.52 bits per heavy atom. The van der Waals surface area contributed by atoms with Crippen molar-refractivity contribution in [3.63, 3.8) is 0 Å². The number of aromatic nitrogens is 2. The van der Waals surface area contributed by atoms with Crippen molar-refractivity contribution in [2.75, 3.05) is 13.6 Å². The molecule has 114 valence electrons. The van der Waals surface area contributed by atoms with Crippen LogP contribution in [-0.4, -0.2) is 23.4 Å². The van der Waals surface area contributed by atoms with Crippen LogP contribution in [0.2, 0.25) is 5.02 Å². The molecule has 0 bridgehead atoms. The number of hydrogen-bond donors (Lipinski definition) is 1. The quantitative estimate of drug-likeness (QED) is 0.851. The number of nitrogens with one attached hydrogen (secondary N) is 1. The van der Waals surface area contributed by atoms with Gasteiger partial charge in [-0.3, -0.25) is 4.68 Å². The lowest BCUT2D eigenvalue weighted by atomic mass is 9.94. The van der Waals surface area contributed by atoms with Crippen LogP contribution in [0, 0.1) is 5.92 Å². The lowest BCUT2D eigenvalue weighted by Gasteiger charge is -2.17. The second-order valence-corrected chi connectivity index (χ2v) is 5.88. The number of aryl methyl sites for hydroxylation is 2. The fraction of sp³-hybridized carbons (Fsp3) is 0.471. The van der Waals surface area contributed by atoms with Crippen molar-refractivity contribution >= 4 is 11.6 Å². The Hall–Kier alpha value is -1.32. The molecule has 0 aliphatic heterocycles. The molecule has 1 aromatic carbocycles. The summed E-state index contributed by atoms with van der Waals surface area (Å²) in [6, 6.07) is 10.6. The van der Waals surface area contributed by atoms with Crippen LogP contribution in [0.15, 0.2) is 30.3 Å². The molecule has 4 heteroatoms.